The van der Waals surface area contributed by atoms with E-state index in [4.69, 9.17) is 9.84 Å². The first-order chi connectivity index (χ1) is 8.60. The van der Waals surface area contributed by atoms with Gasteiger partial charge in [-0.2, -0.15) is 0 Å². The van der Waals surface area contributed by atoms with Crippen molar-refractivity contribution in [2.45, 2.75) is 6.54 Å². The van der Waals surface area contributed by atoms with Crippen LogP contribution in [0.2, 0.25) is 0 Å². The first-order valence-corrected chi connectivity index (χ1v) is 6.11. The maximum atomic E-state index is 10.8. The molecule has 1 aromatic heterocycles. The fourth-order valence-electron chi connectivity index (χ4n) is 1.73. The van der Waals surface area contributed by atoms with Crippen molar-refractivity contribution < 1.29 is 14.6 Å². The number of ether oxygens (including phenoxy) is 1. The number of hydrogen-bond acceptors (Lipinski definition) is 2. The summed E-state index contributed by atoms with van der Waals surface area (Å²) in [6.07, 6.45) is 3.34. The van der Waals surface area contributed by atoms with E-state index < -0.39 is 5.97 Å². The molecule has 0 radical (unpaired) electrons. The topological polar surface area (TPSA) is 51.5 Å². The van der Waals surface area contributed by atoms with Gasteiger partial charge in [-0.05, 0) is 24.3 Å². The van der Waals surface area contributed by atoms with E-state index in [0.717, 1.165) is 15.8 Å². The molecule has 0 aliphatic heterocycles. The molecule has 0 saturated carbocycles. The molecule has 2 rings (SSSR count). The molecule has 2 aromatic rings. The van der Waals surface area contributed by atoms with Gasteiger partial charge in [0, 0.05) is 22.4 Å². The second kappa shape index (κ2) is 5.27. The molecule has 1 heterocycles. The summed E-state index contributed by atoms with van der Waals surface area (Å²) < 4.78 is 8.05. The molecule has 0 aliphatic rings. The molecule has 0 aliphatic carbocycles. The summed E-state index contributed by atoms with van der Waals surface area (Å²) in [6, 6.07) is 7.31. The van der Waals surface area contributed by atoms with E-state index in [9.17, 15) is 4.79 Å². The number of benzene rings is 1. The highest BCUT2D eigenvalue weighted by Gasteiger charge is 2.07. The largest absolute Gasteiger partial charge is 0.496 e. The average Bonchev–Trinajstić information content (AvgIpc) is 2.78. The Morgan fingerprint density at radius 1 is 1.44 bits per heavy atom. The third-order valence-corrected chi connectivity index (χ3v) is 3.09. The molecule has 18 heavy (non-hydrogen) atoms. The lowest BCUT2D eigenvalue weighted by molar-refractivity contribution is 0.0697. The fourth-order valence-corrected chi connectivity index (χ4v) is 2.14. The molecule has 0 amide bonds. The van der Waals surface area contributed by atoms with Crippen LogP contribution < -0.4 is 4.74 Å². The number of carboxylic acid groups (broad SMARTS) is 1. The SMILES string of the molecule is COc1ccc(Br)cc1Cn1ccc(C(=O)O)c1. The van der Waals surface area contributed by atoms with E-state index in [-0.39, 0.29) is 5.56 Å². The molecular weight excluding hydrogens is 298 g/mol. The van der Waals surface area contributed by atoms with Gasteiger partial charge >= 0.3 is 5.97 Å². The molecule has 0 unspecified atom stereocenters. The molecule has 94 valence electrons. The van der Waals surface area contributed by atoms with Crippen molar-refractivity contribution in [3.63, 3.8) is 0 Å². The molecule has 4 nitrogen and oxygen atoms in total. The van der Waals surface area contributed by atoms with Crippen LogP contribution in [-0.2, 0) is 6.54 Å². The Hall–Kier alpha value is -1.75. The Balaban J connectivity index is 2.27. The van der Waals surface area contributed by atoms with Crippen molar-refractivity contribution in [3.8, 4) is 5.75 Å². The van der Waals surface area contributed by atoms with Gasteiger partial charge in [-0.1, -0.05) is 15.9 Å². The van der Waals surface area contributed by atoms with E-state index in [2.05, 4.69) is 15.9 Å². The normalized spacial score (nSPS) is 10.3. The third kappa shape index (κ3) is 2.73. The molecule has 1 N–H and O–H groups in total. The van der Waals surface area contributed by atoms with E-state index in [1.807, 2.05) is 22.8 Å². The molecular formula is C13H12BrNO3. The van der Waals surface area contributed by atoms with Crippen LogP contribution in [0.5, 0.6) is 5.75 Å². The monoisotopic (exact) mass is 309 g/mol. The zero-order valence-electron chi connectivity index (χ0n) is 9.76. The summed E-state index contributed by atoms with van der Waals surface area (Å²) in [7, 11) is 1.62. The van der Waals surface area contributed by atoms with Crippen LogP contribution in [-0.4, -0.2) is 22.8 Å². The van der Waals surface area contributed by atoms with E-state index >= 15 is 0 Å². The highest BCUT2D eigenvalue weighted by Crippen LogP contribution is 2.24. The van der Waals surface area contributed by atoms with Gasteiger partial charge in [-0.25, -0.2) is 4.79 Å². The fraction of sp³-hybridized carbons (Fsp3) is 0.154. The molecule has 0 fully saturated rings. The predicted octanol–water partition coefficient (Wildman–Crippen LogP) is 3.01. The molecule has 0 saturated heterocycles. The smallest absolute Gasteiger partial charge is 0.337 e. The summed E-state index contributed by atoms with van der Waals surface area (Å²) in [5, 5.41) is 8.86. The van der Waals surface area contributed by atoms with Gasteiger partial charge in [0.2, 0.25) is 0 Å². The van der Waals surface area contributed by atoms with Crippen molar-refractivity contribution >= 4 is 21.9 Å². The minimum absolute atomic E-state index is 0.281. The van der Waals surface area contributed by atoms with Crippen molar-refractivity contribution in [2.24, 2.45) is 0 Å². The Bertz CT molecular complexity index is 577. The molecule has 0 spiro atoms. The highest BCUT2D eigenvalue weighted by atomic mass is 79.9. The van der Waals surface area contributed by atoms with Gasteiger partial charge in [0.1, 0.15) is 5.75 Å². The number of nitrogens with zero attached hydrogens (tertiary/aromatic N) is 1. The molecule has 0 atom stereocenters. The Labute approximate surface area is 113 Å². The number of rotatable bonds is 4. The van der Waals surface area contributed by atoms with Gasteiger partial charge in [0.25, 0.3) is 0 Å². The zero-order valence-corrected chi connectivity index (χ0v) is 11.3. The van der Waals surface area contributed by atoms with Gasteiger partial charge in [0.15, 0.2) is 0 Å². The quantitative estimate of drug-likeness (QED) is 0.944. The lowest BCUT2D eigenvalue weighted by atomic mass is 10.2. The lowest BCUT2D eigenvalue weighted by Gasteiger charge is -2.09. The second-order valence-electron chi connectivity index (χ2n) is 3.83. The molecule has 5 heteroatoms. The van der Waals surface area contributed by atoms with Crippen LogP contribution in [0.1, 0.15) is 15.9 Å². The minimum atomic E-state index is -0.921. The summed E-state index contributed by atoms with van der Waals surface area (Å²) in [5.74, 6) is -0.140. The maximum Gasteiger partial charge on any atom is 0.337 e. The van der Waals surface area contributed by atoms with Crippen LogP contribution >= 0.6 is 15.9 Å². The van der Waals surface area contributed by atoms with Crippen molar-refractivity contribution in [2.75, 3.05) is 7.11 Å². The number of aromatic carboxylic acids is 1. The van der Waals surface area contributed by atoms with E-state index in [1.165, 1.54) is 0 Å². The number of methoxy groups -OCH3 is 1. The van der Waals surface area contributed by atoms with Crippen molar-refractivity contribution in [1.82, 2.24) is 4.57 Å². The Morgan fingerprint density at radius 3 is 2.83 bits per heavy atom. The number of carbonyl (C=O) groups is 1. The molecule has 1 aromatic carbocycles. The summed E-state index contributed by atoms with van der Waals surface area (Å²) >= 11 is 3.41. The van der Waals surface area contributed by atoms with Gasteiger partial charge in [0.05, 0.1) is 19.2 Å². The Morgan fingerprint density at radius 2 is 2.22 bits per heavy atom. The standard InChI is InChI=1S/C13H12BrNO3/c1-18-12-3-2-11(14)6-10(12)8-15-5-4-9(7-15)13(16)17/h2-7H,8H2,1H3,(H,16,17). The first kappa shape index (κ1) is 12.7. The highest BCUT2D eigenvalue weighted by molar-refractivity contribution is 9.10. The number of halogens is 1. The average molecular weight is 310 g/mol. The number of aromatic nitrogens is 1. The number of hydrogen-bond donors (Lipinski definition) is 1. The van der Waals surface area contributed by atoms with Crippen molar-refractivity contribution in [3.05, 3.63) is 52.3 Å². The van der Waals surface area contributed by atoms with Crippen LogP contribution in [0.4, 0.5) is 0 Å². The van der Waals surface area contributed by atoms with E-state index in [0.29, 0.717) is 6.54 Å². The van der Waals surface area contributed by atoms with Crippen LogP contribution in [0, 0.1) is 0 Å². The summed E-state index contributed by atoms with van der Waals surface area (Å²) in [5.41, 5.74) is 1.27. The summed E-state index contributed by atoms with van der Waals surface area (Å²) in [6.45, 7) is 0.565. The van der Waals surface area contributed by atoms with Crippen LogP contribution in [0.3, 0.4) is 0 Å². The summed E-state index contributed by atoms with van der Waals surface area (Å²) in [4.78, 5) is 10.8. The van der Waals surface area contributed by atoms with Gasteiger partial charge in [-0.3, -0.25) is 0 Å². The molecule has 0 bridgehead atoms. The number of carboxylic acids is 1. The Kier molecular flexibility index (Phi) is 3.72. The lowest BCUT2D eigenvalue weighted by Crippen LogP contribution is -2.00. The maximum absolute atomic E-state index is 10.8. The van der Waals surface area contributed by atoms with Crippen LogP contribution in [0.15, 0.2) is 41.1 Å². The first-order valence-electron chi connectivity index (χ1n) is 5.31. The van der Waals surface area contributed by atoms with E-state index in [1.54, 1.807) is 25.6 Å². The minimum Gasteiger partial charge on any atom is -0.496 e. The van der Waals surface area contributed by atoms with Gasteiger partial charge in [-0.15, -0.1) is 0 Å². The van der Waals surface area contributed by atoms with Crippen molar-refractivity contribution in [1.29, 1.82) is 0 Å². The predicted molar refractivity (Wildman–Crippen MR) is 71.2 cm³/mol. The van der Waals surface area contributed by atoms with Crippen LogP contribution in [0.25, 0.3) is 0 Å². The third-order valence-electron chi connectivity index (χ3n) is 2.59. The van der Waals surface area contributed by atoms with Gasteiger partial charge < -0.3 is 14.4 Å². The zero-order chi connectivity index (χ0) is 13.1. The second-order valence-corrected chi connectivity index (χ2v) is 4.75.